The number of allylic oxidation sites excluding steroid dienone is 8. The molecule has 0 amide bonds. The summed E-state index contributed by atoms with van der Waals surface area (Å²) < 4.78 is 0. The van der Waals surface area contributed by atoms with E-state index in [0.717, 1.165) is 38.5 Å². The molecule has 0 aliphatic heterocycles. The van der Waals surface area contributed by atoms with Crippen LogP contribution in [0.25, 0.3) is 0 Å². The minimum Gasteiger partial charge on any atom is -0.390 e. The Hall–Kier alpha value is -1.78. The van der Waals surface area contributed by atoms with Crippen LogP contribution in [-0.2, 0) is 9.59 Å². The third-order valence-corrected chi connectivity index (χ3v) is 16.2. The summed E-state index contributed by atoms with van der Waals surface area (Å²) >= 11 is 0. The Morgan fingerprint density at radius 2 is 0.909 bits per heavy atom. The van der Waals surface area contributed by atoms with Gasteiger partial charge in [-0.2, -0.15) is 0 Å². The van der Waals surface area contributed by atoms with Gasteiger partial charge in [0.2, 0.25) is 0 Å². The van der Waals surface area contributed by atoms with Gasteiger partial charge in [-0.1, -0.05) is 51.0 Å². The summed E-state index contributed by atoms with van der Waals surface area (Å²) in [6, 6.07) is 0. The molecule has 8 aliphatic rings. The molecule has 0 aromatic rings. The average molecular weight is 601 g/mol. The zero-order chi connectivity index (χ0) is 31.5. The minimum absolute atomic E-state index is 0.0760. The number of carbonyl (C=O) groups is 2. The largest absolute Gasteiger partial charge is 0.390 e. The molecule has 0 aromatic heterocycles. The zero-order valence-electron chi connectivity index (χ0n) is 28.1. The molecule has 8 aliphatic carbocycles. The Morgan fingerprint density at radius 1 is 0.545 bits per heavy atom. The molecule has 6 fully saturated rings. The van der Waals surface area contributed by atoms with Crippen molar-refractivity contribution in [3.05, 3.63) is 47.6 Å². The van der Waals surface area contributed by atoms with E-state index in [2.05, 4.69) is 53.7 Å². The predicted molar refractivity (Wildman–Crippen MR) is 174 cm³/mol. The van der Waals surface area contributed by atoms with Crippen LogP contribution < -0.4 is 0 Å². The first-order chi connectivity index (χ1) is 20.6. The summed E-state index contributed by atoms with van der Waals surface area (Å²) in [5.41, 5.74) is 2.03. The smallest absolute Gasteiger partial charge is 0.178 e. The number of ketones is 2. The van der Waals surface area contributed by atoms with Crippen LogP contribution in [0.15, 0.2) is 47.6 Å². The molecule has 0 aromatic carbocycles. The number of hydrogen-bond donors (Lipinski definition) is 2. The molecule has 0 radical (unpaired) electrons. The highest BCUT2D eigenvalue weighted by atomic mass is 16.3. The average Bonchev–Trinajstić information content (AvgIpc) is 3.36. The van der Waals surface area contributed by atoms with E-state index in [1.165, 1.54) is 49.7 Å². The van der Waals surface area contributed by atoms with Crippen molar-refractivity contribution in [2.24, 2.45) is 57.2 Å². The summed E-state index contributed by atoms with van der Waals surface area (Å²) in [4.78, 5) is 23.5. The summed E-state index contributed by atoms with van der Waals surface area (Å²) in [6.07, 6.45) is 25.1. The SMILES string of the molecule is C[C@]12C=CC(=O)C=C1CC[C@@H]1[C@@H]2CC[C@@]2(C)[C@H]1CC[C@]2(C)O.C[C@]12C=CC(=O)C=C1CC[C@@H]1[C@@H]2CC[C@@]2(C)[C@H]1CC[C@]2(C)O. The molecule has 44 heavy (non-hydrogen) atoms. The van der Waals surface area contributed by atoms with Gasteiger partial charge in [0.15, 0.2) is 11.6 Å². The van der Waals surface area contributed by atoms with Crippen LogP contribution in [0.1, 0.15) is 119 Å². The van der Waals surface area contributed by atoms with Gasteiger partial charge in [0.05, 0.1) is 11.2 Å². The van der Waals surface area contributed by atoms with Gasteiger partial charge >= 0.3 is 0 Å². The van der Waals surface area contributed by atoms with Gasteiger partial charge < -0.3 is 10.2 Å². The molecule has 0 saturated heterocycles. The number of rotatable bonds is 0. The Bertz CT molecular complexity index is 1270. The third kappa shape index (κ3) is 4.14. The van der Waals surface area contributed by atoms with Crippen molar-refractivity contribution in [1.29, 1.82) is 0 Å². The van der Waals surface area contributed by atoms with Gasteiger partial charge in [0.1, 0.15) is 0 Å². The van der Waals surface area contributed by atoms with E-state index >= 15 is 0 Å². The van der Waals surface area contributed by atoms with E-state index in [9.17, 15) is 19.8 Å². The summed E-state index contributed by atoms with van der Waals surface area (Å²) in [7, 11) is 0. The van der Waals surface area contributed by atoms with Crippen LogP contribution in [0.5, 0.6) is 0 Å². The molecule has 0 unspecified atom stereocenters. The molecule has 0 bridgehead atoms. The number of fused-ring (bicyclic) bond motifs is 10. The quantitative estimate of drug-likeness (QED) is 0.295. The second-order valence-electron chi connectivity index (χ2n) is 17.7. The van der Waals surface area contributed by atoms with E-state index < -0.39 is 11.2 Å². The van der Waals surface area contributed by atoms with Crippen molar-refractivity contribution in [3.63, 3.8) is 0 Å². The van der Waals surface area contributed by atoms with Crippen LogP contribution in [-0.4, -0.2) is 33.0 Å². The van der Waals surface area contributed by atoms with Crippen LogP contribution in [0.3, 0.4) is 0 Å². The monoisotopic (exact) mass is 600 g/mol. The Labute approximate surface area is 265 Å². The Balaban J connectivity index is 0.000000142. The van der Waals surface area contributed by atoms with Crippen LogP contribution in [0.2, 0.25) is 0 Å². The van der Waals surface area contributed by atoms with Gasteiger partial charge in [0.25, 0.3) is 0 Å². The maximum atomic E-state index is 11.7. The van der Waals surface area contributed by atoms with Crippen molar-refractivity contribution in [3.8, 4) is 0 Å². The molecule has 4 nitrogen and oxygen atoms in total. The molecule has 8 rings (SSSR count). The first-order valence-corrected chi connectivity index (χ1v) is 17.9. The lowest BCUT2D eigenvalue weighted by Crippen LogP contribution is -2.53. The Morgan fingerprint density at radius 3 is 1.30 bits per heavy atom. The standard InChI is InChI=1S/2C20H28O2/c2*1-18-9-6-14(21)12-13(18)4-5-15-16(18)7-10-19(2)17(15)8-11-20(19,3)22/h2*6,9,12,15-17,22H,4-5,7-8,10-11H2,1-3H3/t2*15-,16+,17+,18+,19+,20+/m11/s1. The van der Waals surface area contributed by atoms with Crippen LogP contribution in [0, 0.1) is 57.2 Å². The molecule has 12 atom stereocenters. The van der Waals surface area contributed by atoms with Crippen molar-refractivity contribution in [2.75, 3.05) is 0 Å². The summed E-state index contributed by atoms with van der Waals surface area (Å²) in [5, 5.41) is 21.8. The van der Waals surface area contributed by atoms with Crippen LogP contribution in [0.4, 0.5) is 0 Å². The summed E-state index contributed by atoms with van der Waals surface area (Å²) in [5.74, 6) is 4.30. The maximum absolute atomic E-state index is 11.7. The van der Waals surface area contributed by atoms with Gasteiger partial charge in [0, 0.05) is 10.8 Å². The molecule has 0 spiro atoms. The molecule has 0 heterocycles. The van der Waals surface area contributed by atoms with E-state index in [1.807, 2.05) is 12.2 Å². The summed E-state index contributed by atoms with van der Waals surface area (Å²) in [6.45, 7) is 13.5. The fourth-order valence-electron chi connectivity index (χ4n) is 12.9. The van der Waals surface area contributed by atoms with E-state index in [0.29, 0.717) is 35.5 Å². The van der Waals surface area contributed by atoms with Crippen LogP contribution >= 0.6 is 0 Å². The van der Waals surface area contributed by atoms with Crippen molar-refractivity contribution in [2.45, 2.75) is 130 Å². The molecule has 240 valence electrons. The van der Waals surface area contributed by atoms with Crippen molar-refractivity contribution in [1.82, 2.24) is 0 Å². The second kappa shape index (κ2) is 9.86. The maximum Gasteiger partial charge on any atom is 0.178 e. The van der Waals surface area contributed by atoms with Gasteiger partial charge in [-0.05, 0) is 162 Å². The fourth-order valence-corrected chi connectivity index (χ4v) is 12.9. The predicted octanol–water partition coefficient (Wildman–Crippen LogP) is 8.09. The molecule has 2 N–H and O–H groups in total. The second-order valence-corrected chi connectivity index (χ2v) is 17.7. The lowest BCUT2D eigenvalue weighted by atomic mass is 9.47. The first-order valence-electron chi connectivity index (χ1n) is 17.9. The van der Waals surface area contributed by atoms with Crippen molar-refractivity contribution >= 4 is 11.6 Å². The number of carbonyl (C=O) groups excluding carboxylic acids is 2. The number of aliphatic hydroxyl groups is 2. The highest BCUT2D eigenvalue weighted by Crippen LogP contribution is 2.68. The fraction of sp³-hybridized carbons (Fsp3) is 0.750. The van der Waals surface area contributed by atoms with Crippen molar-refractivity contribution < 1.29 is 19.8 Å². The van der Waals surface area contributed by atoms with Gasteiger partial charge in [-0.15, -0.1) is 0 Å². The topological polar surface area (TPSA) is 74.6 Å². The minimum atomic E-state index is -0.502. The number of hydrogen-bond acceptors (Lipinski definition) is 4. The van der Waals surface area contributed by atoms with Gasteiger partial charge in [-0.25, -0.2) is 0 Å². The Kier molecular flexibility index (Phi) is 6.92. The normalized spacial score (nSPS) is 53.5. The molecular formula is C40H56O4. The van der Waals surface area contributed by atoms with Gasteiger partial charge in [-0.3, -0.25) is 9.59 Å². The molecule has 4 heteroatoms. The van der Waals surface area contributed by atoms with E-state index in [-0.39, 0.29) is 33.2 Å². The first kappa shape index (κ1) is 30.9. The zero-order valence-corrected chi connectivity index (χ0v) is 28.1. The highest BCUT2D eigenvalue weighted by molar-refractivity contribution is 6.01. The lowest BCUT2D eigenvalue weighted by Gasteiger charge is -2.57. The molecule has 6 saturated carbocycles. The molecular weight excluding hydrogens is 544 g/mol. The highest BCUT2D eigenvalue weighted by Gasteiger charge is 2.63. The van der Waals surface area contributed by atoms with E-state index in [4.69, 9.17) is 0 Å². The lowest BCUT2D eigenvalue weighted by molar-refractivity contribution is -0.115. The van der Waals surface area contributed by atoms with E-state index in [1.54, 1.807) is 12.2 Å². The third-order valence-electron chi connectivity index (χ3n) is 16.2.